The SMILES string of the molecule is CC(C)(C)c1ccc(NC(=NC2CCCCC2)NN)cc1. The van der Waals surface area contributed by atoms with Crippen LogP contribution in [0.5, 0.6) is 0 Å². The summed E-state index contributed by atoms with van der Waals surface area (Å²) in [4.78, 5) is 4.69. The molecule has 116 valence electrons. The first-order chi connectivity index (χ1) is 9.99. The van der Waals surface area contributed by atoms with Crippen LogP contribution >= 0.6 is 0 Å². The van der Waals surface area contributed by atoms with Crippen molar-refractivity contribution in [1.82, 2.24) is 5.43 Å². The minimum atomic E-state index is 0.170. The molecule has 1 aliphatic carbocycles. The second-order valence-electron chi connectivity index (χ2n) is 6.87. The molecule has 4 heteroatoms. The van der Waals surface area contributed by atoms with Crippen LogP contribution in [0.25, 0.3) is 0 Å². The molecule has 0 bridgehead atoms. The molecule has 0 aliphatic heterocycles. The number of nitrogens with one attached hydrogen (secondary N) is 2. The Labute approximate surface area is 128 Å². The Morgan fingerprint density at radius 1 is 1.10 bits per heavy atom. The molecule has 21 heavy (non-hydrogen) atoms. The number of nitrogens with two attached hydrogens (primary N) is 1. The van der Waals surface area contributed by atoms with E-state index >= 15 is 0 Å². The highest BCUT2D eigenvalue weighted by molar-refractivity contribution is 5.93. The molecule has 1 fully saturated rings. The maximum Gasteiger partial charge on any atom is 0.210 e. The zero-order chi connectivity index (χ0) is 15.3. The fourth-order valence-corrected chi connectivity index (χ4v) is 2.69. The fraction of sp³-hybridized carbons (Fsp3) is 0.588. The topological polar surface area (TPSA) is 62.4 Å². The molecule has 4 nitrogen and oxygen atoms in total. The highest BCUT2D eigenvalue weighted by Gasteiger charge is 2.14. The van der Waals surface area contributed by atoms with Gasteiger partial charge in [0.1, 0.15) is 0 Å². The molecule has 4 N–H and O–H groups in total. The largest absolute Gasteiger partial charge is 0.325 e. The average Bonchev–Trinajstić information content (AvgIpc) is 2.47. The molecule has 0 radical (unpaired) electrons. The van der Waals surface area contributed by atoms with Crippen molar-refractivity contribution in [3.8, 4) is 0 Å². The summed E-state index contributed by atoms with van der Waals surface area (Å²) in [5.41, 5.74) is 5.18. The molecular formula is C17H28N4. The minimum Gasteiger partial charge on any atom is -0.325 e. The van der Waals surface area contributed by atoms with Crippen LogP contribution in [0.15, 0.2) is 29.3 Å². The Hall–Kier alpha value is -1.55. The summed E-state index contributed by atoms with van der Waals surface area (Å²) in [6, 6.07) is 8.85. The van der Waals surface area contributed by atoms with E-state index in [0.29, 0.717) is 12.0 Å². The molecule has 1 aliphatic rings. The van der Waals surface area contributed by atoms with Gasteiger partial charge in [-0.2, -0.15) is 0 Å². The lowest BCUT2D eigenvalue weighted by atomic mass is 9.87. The highest BCUT2D eigenvalue weighted by Crippen LogP contribution is 2.24. The second-order valence-corrected chi connectivity index (χ2v) is 6.87. The number of hydrogen-bond acceptors (Lipinski definition) is 2. The van der Waals surface area contributed by atoms with Gasteiger partial charge in [0, 0.05) is 5.69 Å². The first-order valence-corrected chi connectivity index (χ1v) is 7.91. The van der Waals surface area contributed by atoms with Crippen molar-refractivity contribution in [3.05, 3.63) is 29.8 Å². The van der Waals surface area contributed by atoms with Crippen molar-refractivity contribution in [2.75, 3.05) is 5.32 Å². The average molecular weight is 288 g/mol. The Kier molecular flexibility index (Phi) is 5.23. The molecular weight excluding hydrogens is 260 g/mol. The highest BCUT2D eigenvalue weighted by atomic mass is 15.3. The van der Waals surface area contributed by atoms with E-state index in [1.807, 2.05) is 0 Å². The zero-order valence-corrected chi connectivity index (χ0v) is 13.4. The third-order valence-electron chi connectivity index (χ3n) is 4.04. The van der Waals surface area contributed by atoms with E-state index in [1.165, 1.54) is 24.8 Å². The molecule has 0 spiro atoms. The van der Waals surface area contributed by atoms with Crippen LogP contribution in [-0.4, -0.2) is 12.0 Å². The maximum absolute atomic E-state index is 5.59. The van der Waals surface area contributed by atoms with Crippen molar-refractivity contribution >= 4 is 11.6 Å². The van der Waals surface area contributed by atoms with Crippen molar-refractivity contribution in [2.45, 2.75) is 64.3 Å². The molecule has 2 rings (SSSR count). The Morgan fingerprint density at radius 2 is 1.71 bits per heavy atom. The van der Waals surface area contributed by atoms with Crippen molar-refractivity contribution in [3.63, 3.8) is 0 Å². The summed E-state index contributed by atoms with van der Waals surface area (Å²) in [6.07, 6.45) is 6.20. The lowest BCUT2D eigenvalue weighted by molar-refractivity contribution is 0.442. The predicted molar refractivity (Wildman–Crippen MR) is 90.4 cm³/mol. The quantitative estimate of drug-likeness (QED) is 0.337. The standard InChI is InChI=1S/C17H28N4/c1-17(2,3)13-9-11-15(12-10-13)20-16(21-18)19-14-7-5-4-6-8-14/h9-12,14H,4-8,18H2,1-3H3,(H2,19,20,21). The van der Waals surface area contributed by atoms with E-state index in [0.717, 1.165) is 18.5 Å². The number of hydrogen-bond donors (Lipinski definition) is 3. The zero-order valence-electron chi connectivity index (χ0n) is 13.4. The summed E-state index contributed by atoms with van der Waals surface area (Å²) in [5, 5.41) is 3.27. The first kappa shape index (κ1) is 15.8. The van der Waals surface area contributed by atoms with E-state index in [4.69, 9.17) is 5.84 Å². The van der Waals surface area contributed by atoms with Crippen LogP contribution in [0.2, 0.25) is 0 Å². The van der Waals surface area contributed by atoms with Gasteiger partial charge in [-0.15, -0.1) is 0 Å². The first-order valence-electron chi connectivity index (χ1n) is 7.91. The van der Waals surface area contributed by atoms with Gasteiger partial charge in [-0.3, -0.25) is 5.43 Å². The molecule has 0 saturated heterocycles. The number of nitrogens with zero attached hydrogens (tertiary/aromatic N) is 1. The monoisotopic (exact) mass is 288 g/mol. The molecule has 0 amide bonds. The molecule has 1 aromatic carbocycles. The Morgan fingerprint density at radius 3 is 2.24 bits per heavy atom. The summed E-state index contributed by atoms with van der Waals surface area (Å²) < 4.78 is 0. The van der Waals surface area contributed by atoms with Crippen molar-refractivity contribution in [1.29, 1.82) is 0 Å². The van der Waals surface area contributed by atoms with Crippen LogP contribution in [0, 0.1) is 0 Å². The van der Waals surface area contributed by atoms with E-state index < -0.39 is 0 Å². The molecule has 0 aromatic heterocycles. The number of rotatable bonds is 2. The van der Waals surface area contributed by atoms with E-state index in [1.54, 1.807) is 0 Å². The minimum absolute atomic E-state index is 0.170. The molecule has 0 heterocycles. The number of anilines is 1. The third-order valence-corrected chi connectivity index (χ3v) is 4.04. The lowest BCUT2D eigenvalue weighted by Crippen LogP contribution is -2.37. The smallest absolute Gasteiger partial charge is 0.210 e. The normalized spacial score (nSPS) is 17.6. The maximum atomic E-state index is 5.59. The number of hydrazine groups is 1. The van der Waals surface area contributed by atoms with Gasteiger partial charge in [-0.05, 0) is 36.0 Å². The van der Waals surface area contributed by atoms with Crippen LogP contribution in [-0.2, 0) is 5.41 Å². The van der Waals surface area contributed by atoms with E-state index in [9.17, 15) is 0 Å². The van der Waals surface area contributed by atoms with Crippen molar-refractivity contribution in [2.24, 2.45) is 10.8 Å². The van der Waals surface area contributed by atoms with Crippen molar-refractivity contribution < 1.29 is 0 Å². The molecule has 0 unspecified atom stereocenters. The van der Waals surface area contributed by atoms with Gasteiger partial charge in [-0.25, -0.2) is 10.8 Å². The second kappa shape index (κ2) is 6.94. The molecule has 1 aromatic rings. The molecule has 0 atom stereocenters. The van der Waals surface area contributed by atoms with Gasteiger partial charge in [0.2, 0.25) is 5.96 Å². The fourth-order valence-electron chi connectivity index (χ4n) is 2.69. The summed E-state index contributed by atoms with van der Waals surface area (Å²) in [7, 11) is 0. The van der Waals surface area contributed by atoms with Crippen LogP contribution in [0.1, 0.15) is 58.4 Å². The van der Waals surface area contributed by atoms with Gasteiger partial charge in [0.05, 0.1) is 6.04 Å². The van der Waals surface area contributed by atoms with Gasteiger partial charge >= 0.3 is 0 Å². The van der Waals surface area contributed by atoms with Crippen LogP contribution in [0.4, 0.5) is 5.69 Å². The summed E-state index contributed by atoms with van der Waals surface area (Å²) in [6.45, 7) is 6.65. The van der Waals surface area contributed by atoms with Gasteiger partial charge in [-0.1, -0.05) is 52.2 Å². The van der Waals surface area contributed by atoms with E-state index in [2.05, 4.69) is 60.8 Å². The van der Waals surface area contributed by atoms with Gasteiger partial charge in [0.25, 0.3) is 0 Å². The number of aliphatic imine (C=N–C) groups is 1. The third kappa shape index (κ3) is 4.74. The summed E-state index contributed by atoms with van der Waals surface area (Å²) in [5.74, 6) is 6.25. The Bertz CT molecular complexity index is 465. The molecule has 1 saturated carbocycles. The summed E-state index contributed by atoms with van der Waals surface area (Å²) >= 11 is 0. The van der Waals surface area contributed by atoms with Gasteiger partial charge < -0.3 is 5.32 Å². The van der Waals surface area contributed by atoms with E-state index in [-0.39, 0.29) is 5.41 Å². The van der Waals surface area contributed by atoms with Gasteiger partial charge in [0.15, 0.2) is 0 Å². The predicted octanol–water partition coefficient (Wildman–Crippen LogP) is 3.55. The Balaban J connectivity index is 2.02. The lowest BCUT2D eigenvalue weighted by Gasteiger charge is -2.21. The number of benzene rings is 1. The number of guanidine groups is 1. The van der Waals surface area contributed by atoms with Crippen LogP contribution in [0.3, 0.4) is 0 Å². The van der Waals surface area contributed by atoms with Crippen LogP contribution < -0.4 is 16.6 Å².